The van der Waals surface area contributed by atoms with E-state index in [1.807, 2.05) is 13.2 Å². The van der Waals surface area contributed by atoms with Crippen LogP contribution in [0.1, 0.15) is 63.9 Å². The zero-order valence-corrected chi connectivity index (χ0v) is 17.3. The van der Waals surface area contributed by atoms with Crippen LogP contribution in [0.15, 0.2) is 42.6 Å². The van der Waals surface area contributed by atoms with Gasteiger partial charge < -0.3 is 15.6 Å². The summed E-state index contributed by atoms with van der Waals surface area (Å²) < 4.78 is 0. The average molecular weight is 388 g/mol. The van der Waals surface area contributed by atoms with Crippen molar-refractivity contribution in [3.8, 4) is 0 Å². The monoisotopic (exact) mass is 387 g/mol. The highest BCUT2D eigenvalue weighted by molar-refractivity contribution is 6.08. The van der Waals surface area contributed by atoms with Gasteiger partial charge in [-0.1, -0.05) is 43.2 Å². The van der Waals surface area contributed by atoms with E-state index in [-0.39, 0.29) is 5.91 Å². The number of carbonyl (C=O) groups excluding carboxylic acids is 1. The Bertz CT molecular complexity index is 953. The minimum Gasteiger partial charge on any atom is -0.393 e. The molecular weight excluding hydrogens is 358 g/mol. The molecule has 4 heteroatoms. The molecular formula is C25H29N3O. The van der Waals surface area contributed by atoms with Crippen LogP contribution in [0.4, 0.5) is 0 Å². The lowest BCUT2D eigenvalue weighted by molar-refractivity contribution is 0.0707. The van der Waals surface area contributed by atoms with Gasteiger partial charge in [0.2, 0.25) is 0 Å². The van der Waals surface area contributed by atoms with E-state index >= 15 is 0 Å². The fourth-order valence-electron chi connectivity index (χ4n) is 4.65. The molecule has 1 saturated carbocycles. The second-order valence-corrected chi connectivity index (χ2v) is 8.21. The first-order chi connectivity index (χ1) is 14.1. The predicted octanol–water partition coefficient (Wildman–Crippen LogP) is 4.69. The maximum absolute atomic E-state index is 13.0. The molecule has 1 aliphatic heterocycles. The first kappa shape index (κ1) is 19.4. The molecule has 1 amide bonds. The van der Waals surface area contributed by atoms with E-state index in [1.165, 1.54) is 41.3 Å². The van der Waals surface area contributed by atoms with Gasteiger partial charge in [0.25, 0.3) is 5.91 Å². The summed E-state index contributed by atoms with van der Waals surface area (Å²) in [6.07, 6.45) is 8.79. The molecule has 0 saturated heterocycles. The summed E-state index contributed by atoms with van der Waals surface area (Å²) >= 11 is 0. The molecule has 150 valence electrons. The highest BCUT2D eigenvalue weighted by atomic mass is 16.2. The fourth-order valence-corrected chi connectivity index (χ4v) is 4.65. The lowest BCUT2D eigenvalue weighted by atomic mass is 9.95. The number of fused-ring (bicyclic) bond motifs is 1. The molecule has 4 nitrogen and oxygen atoms in total. The zero-order chi connectivity index (χ0) is 20.4. The van der Waals surface area contributed by atoms with Crippen LogP contribution < -0.4 is 5.32 Å². The van der Waals surface area contributed by atoms with E-state index in [1.54, 1.807) is 0 Å². The van der Waals surface area contributed by atoms with Crippen molar-refractivity contribution in [1.82, 2.24) is 10.2 Å². The van der Waals surface area contributed by atoms with E-state index in [2.05, 4.69) is 53.5 Å². The summed E-state index contributed by atoms with van der Waals surface area (Å²) in [5.74, 6) is 0.219. The summed E-state index contributed by atoms with van der Waals surface area (Å²) in [5.41, 5.74) is 7.64. The van der Waals surface area contributed by atoms with E-state index in [0.717, 1.165) is 42.5 Å². The van der Waals surface area contributed by atoms with Crippen LogP contribution in [0.25, 0.3) is 5.57 Å². The molecule has 0 spiro atoms. The van der Waals surface area contributed by atoms with Crippen molar-refractivity contribution in [3.63, 3.8) is 0 Å². The highest BCUT2D eigenvalue weighted by Gasteiger charge is 2.34. The Morgan fingerprint density at radius 2 is 1.93 bits per heavy atom. The molecule has 2 aliphatic rings. The second-order valence-electron chi connectivity index (χ2n) is 8.21. The molecule has 0 aromatic heterocycles. The van der Waals surface area contributed by atoms with E-state index < -0.39 is 0 Å². The zero-order valence-electron chi connectivity index (χ0n) is 17.3. The number of nitrogens with zero attached hydrogens (tertiary/aromatic N) is 1. The molecule has 1 fully saturated rings. The quantitative estimate of drug-likeness (QED) is 0.706. The summed E-state index contributed by atoms with van der Waals surface area (Å²) in [5, 5.41) is 10.5. The molecule has 2 aromatic rings. The predicted molar refractivity (Wildman–Crippen MR) is 118 cm³/mol. The van der Waals surface area contributed by atoms with Crippen molar-refractivity contribution < 1.29 is 4.79 Å². The summed E-state index contributed by atoms with van der Waals surface area (Å²) in [7, 11) is 1.84. The third kappa shape index (κ3) is 3.84. The van der Waals surface area contributed by atoms with Crippen molar-refractivity contribution >= 4 is 17.7 Å². The van der Waals surface area contributed by atoms with Gasteiger partial charge in [-0.2, -0.15) is 0 Å². The third-order valence-electron chi connectivity index (χ3n) is 6.30. The lowest BCUT2D eigenvalue weighted by Gasteiger charge is -2.23. The van der Waals surface area contributed by atoms with Crippen LogP contribution in [-0.2, 0) is 13.0 Å². The fraction of sp³-hybridized carbons (Fsp3) is 0.360. The van der Waals surface area contributed by atoms with Crippen LogP contribution in [0.5, 0.6) is 0 Å². The van der Waals surface area contributed by atoms with Crippen molar-refractivity contribution in [1.29, 1.82) is 5.41 Å². The van der Waals surface area contributed by atoms with E-state index in [4.69, 9.17) is 5.41 Å². The Kier molecular flexibility index (Phi) is 5.52. The molecule has 2 N–H and O–H groups in total. The van der Waals surface area contributed by atoms with Crippen molar-refractivity contribution in [3.05, 3.63) is 76.0 Å². The number of aryl methyl sites for hydroxylation is 1. The van der Waals surface area contributed by atoms with Gasteiger partial charge in [-0.05, 0) is 60.1 Å². The van der Waals surface area contributed by atoms with Gasteiger partial charge >= 0.3 is 0 Å². The van der Waals surface area contributed by atoms with E-state index in [9.17, 15) is 4.79 Å². The van der Waals surface area contributed by atoms with Crippen LogP contribution in [0.2, 0.25) is 0 Å². The van der Waals surface area contributed by atoms with Crippen LogP contribution in [-0.4, -0.2) is 30.1 Å². The maximum atomic E-state index is 13.0. The molecule has 0 radical (unpaired) electrons. The number of benzene rings is 2. The van der Waals surface area contributed by atoms with Crippen molar-refractivity contribution in [2.45, 2.75) is 51.6 Å². The van der Waals surface area contributed by atoms with Crippen molar-refractivity contribution in [2.75, 3.05) is 7.05 Å². The third-order valence-corrected chi connectivity index (χ3v) is 6.30. The standard InChI is InChI=1S/C25H29N3O/c1-17-11-21-16-28(23-5-3-4-6-23)25(29)24(21)13-20(17)12-18-7-9-19(10-8-18)22(14-26)15-27-2/h7-11,13-15,23,26-27H,3-6,12,16H2,1-2H3/b22-15+,26-14?. The normalized spacial score (nSPS) is 17.0. The molecule has 2 aromatic carbocycles. The molecule has 1 heterocycles. The smallest absolute Gasteiger partial charge is 0.254 e. The minimum absolute atomic E-state index is 0.219. The van der Waals surface area contributed by atoms with Gasteiger partial charge in [-0.3, -0.25) is 4.79 Å². The Balaban J connectivity index is 1.54. The highest BCUT2D eigenvalue weighted by Crippen LogP contribution is 2.33. The van der Waals surface area contributed by atoms with Crippen molar-refractivity contribution in [2.24, 2.45) is 0 Å². The number of rotatable bonds is 6. The molecule has 4 rings (SSSR count). The maximum Gasteiger partial charge on any atom is 0.254 e. The van der Waals surface area contributed by atoms with E-state index in [0.29, 0.717) is 6.04 Å². The van der Waals surface area contributed by atoms with Gasteiger partial charge in [-0.25, -0.2) is 0 Å². The number of nitrogens with one attached hydrogen (secondary N) is 2. The number of hydrogen-bond donors (Lipinski definition) is 2. The SMILES string of the molecule is CN/C=C(\C=N)c1ccc(Cc2cc3c(cc2C)CN(C2CCCC2)C3=O)cc1. The number of carbonyl (C=O) groups is 1. The Morgan fingerprint density at radius 1 is 1.21 bits per heavy atom. The Morgan fingerprint density at radius 3 is 2.59 bits per heavy atom. The molecule has 0 unspecified atom stereocenters. The van der Waals surface area contributed by atoms with Gasteiger partial charge in [0.1, 0.15) is 0 Å². The minimum atomic E-state index is 0.219. The van der Waals surface area contributed by atoms with Gasteiger partial charge in [0.15, 0.2) is 0 Å². The summed E-state index contributed by atoms with van der Waals surface area (Å²) in [6.45, 7) is 2.92. The van der Waals surface area contributed by atoms with Gasteiger partial charge in [-0.15, -0.1) is 0 Å². The molecule has 0 atom stereocenters. The molecule has 29 heavy (non-hydrogen) atoms. The average Bonchev–Trinajstić information content (AvgIpc) is 3.36. The second kappa shape index (κ2) is 8.24. The topological polar surface area (TPSA) is 56.2 Å². The number of allylic oxidation sites excluding steroid dienone is 1. The van der Waals surface area contributed by atoms with Gasteiger partial charge in [0.05, 0.1) is 0 Å². The van der Waals surface area contributed by atoms with Gasteiger partial charge in [0, 0.05) is 43.2 Å². The Hall–Kier alpha value is -2.88. The van der Waals surface area contributed by atoms with Crippen LogP contribution >= 0.6 is 0 Å². The summed E-state index contributed by atoms with van der Waals surface area (Å²) in [4.78, 5) is 15.1. The van der Waals surface area contributed by atoms with Crippen LogP contribution in [0, 0.1) is 12.3 Å². The Labute approximate surface area is 173 Å². The molecule has 0 bridgehead atoms. The van der Waals surface area contributed by atoms with Crippen LogP contribution in [0.3, 0.4) is 0 Å². The number of amides is 1. The molecule has 1 aliphatic carbocycles. The first-order valence-corrected chi connectivity index (χ1v) is 10.5. The first-order valence-electron chi connectivity index (χ1n) is 10.5. The number of hydrogen-bond acceptors (Lipinski definition) is 3. The lowest BCUT2D eigenvalue weighted by Crippen LogP contribution is -2.33. The summed E-state index contributed by atoms with van der Waals surface area (Å²) in [6, 6.07) is 13.1. The largest absolute Gasteiger partial charge is 0.393 e.